The average molecular weight is 429 g/mol. The fourth-order valence-electron chi connectivity index (χ4n) is 3.20. The van der Waals surface area contributed by atoms with Gasteiger partial charge in [-0.2, -0.15) is 0 Å². The molecule has 0 radical (unpaired) electrons. The van der Waals surface area contributed by atoms with Crippen LogP contribution in [0.3, 0.4) is 0 Å². The Morgan fingerprint density at radius 1 is 1.03 bits per heavy atom. The molecule has 0 fully saturated rings. The molecule has 2 heterocycles. The van der Waals surface area contributed by atoms with Gasteiger partial charge in [0.1, 0.15) is 9.96 Å². The van der Waals surface area contributed by atoms with Crippen molar-refractivity contribution in [3.63, 3.8) is 0 Å². The molecule has 150 valence electrons. The van der Waals surface area contributed by atoms with E-state index in [2.05, 4.69) is 4.72 Å². The highest BCUT2D eigenvalue weighted by molar-refractivity contribution is 7.94. The first-order valence-corrected chi connectivity index (χ1v) is 11.6. The average Bonchev–Trinajstić information content (AvgIpc) is 3.17. The van der Waals surface area contributed by atoms with E-state index in [0.29, 0.717) is 35.0 Å². The van der Waals surface area contributed by atoms with E-state index in [0.717, 1.165) is 11.3 Å². The van der Waals surface area contributed by atoms with Crippen molar-refractivity contribution in [2.45, 2.75) is 24.5 Å². The number of rotatable bonds is 5. The summed E-state index contributed by atoms with van der Waals surface area (Å²) in [4.78, 5) is 15.7. The first-order chi connectivity index (χ1) is 13.9. The van der Waals surface area contributed by atoms with Gasteiger partial charge in [0.25, 0.3) is 15.9 Å². The van der Waals surface area contributed by atoms with Gasteiger partial charge >= 0.3 is 0 Å². The van der Waals surface area contributed by atoms with Crippen LogP contribution in [0, 0.1) is 0 Å². The number of nitrogens with one attached hydrogen (secondary N) is 1. The Labute approximate surface area is 173 Å². The number of hydrogen-bond donors (Lipinski definition) is 1. The molecule has 0 saturated heterocycles. The number of aryl methyl sites for hydroxylation is 1. The summed E-state index contributed by atoms with van der Waals surface area (Å²) in [5.41, 5.74) is 1.31. The smallest absolute Gasteiger partial charge is 0.271 e. The molecular weight excluding hydrogens is 408 g/mol. The maximum absolute atomic E-state index is 13.1. The highest BCUT2D eigenvalue weighted by atomic mass is 32.2. The van der Waals surface area contributed by atoms with Crippen LogP contribution in [0.25, 0.3) is 0 Å². The zero-order valence-electron chi connectivity index (χ0n) is 16.0. The topological polar surface area (TPSA) is 75.7 Å². The van der Waals surface area contributed by atoms with Crippen molar-refractivity contribution >= 4 is 38.6 Å². The second-order valence-corrected chi connectivity index (χ2v) is 9.59. The van der Waals surface area contributed by atoms with Crippen molar-refractivity contribution in [1.82, 2.24) is 0 Å². The number of fused-ring (bicyclic) bond motifs is 2. The summed E-state index contributed by atoms with van der Waals surface area (Å²) in [6.07, 6.45) is 0.776. The quantitative estimate of drug-likeness (QED) is 0.628. The minimum atomic E-state index is -3.73. The molecule has 0 unspecified atom stereocenters. The molecule has 0 saturated carbocycles. The lowest BCUT2D eigenvalue weighted by atomic mass is 10.1. The van der Waals surface area contributed by atoms with Crippen LogP contribution < -0.4 is 14.4 Å². The van der Waals surface area contributed by atoms with Crippen LogP contribution >= 0.6 is 11.3 Å². The molecule has 1 aliphatic rings. The maximum Gasteiger partial charge on any atom is 0.271 e. The SMILES string of the molecule is CCc1ccc(S(=O)(=O)Nc2ccc3c(c2)C(=O)N(CC)c2ccccc2O3)s1. The van der Waals surface area contributed by atoms with Crippen molar-refractivity contribution in [3.8, 4) is 11.5 Å². The second kappa shape index (κ2) is 7.53. The number of carbonyl (C=O) groups excluding carboxylic acids is 1. The molecule has 29 heavy (non-hydrogen) atoms. The van der Waals surface area contributed by atoms with E-state index in [-0.39, 0.29) is 10.1 Å². The van der Waals surface area contributed by atoms with Gasteiger partial charge in [-0.15, -0.1) is 11.3 Å². The minimum Gasteiger partial charge on any atom is -0.454 e. The van der Waals surface area contributed by atoms with Gasteiger partial charge in [-0.25, -0.2) is 8.42 Å². The zero-order chi connectivity index (χ0) is 20.6. The van der Waals surface area contributed by atoms with Crippen molar-refractivity contribution in [3.05, 3.63) is 65.0 Å². The standard InChI is InChI=1S/C21H20N2O4S2/c1-3-15-10-12-20(28-15)29(25,26)22-14-9-11-18-16(13-14)21(24)23(4-2)17-7-5-6-8-19(17)27-18/h5-13,22H,3-4H2,1-2H3. The third-order valence-electron chi connectivity index (χ3n) is 4.65. The van der Waals surface area contributed by atoms with E-state index in [1.165, 1.54) is 17.4 Å². The summed E-state index contributed by atoms with van der Waals surface area (Å²) in [5, 5.41) is 0. The van der Waals surface area contributed by atoms with Crippen LogP contribution in [0.4, 0.5) is 11.4 Å². The minimum absolute atomic E-state index is 0.238. The number of benzene rings is 2. The highest BCUT2D eigenvalue weighted by Gasteiger charge is 2.28. The van der Waals surface area contributed by atoms with Crippen LogP contribution in [0.2, 0.25) is 0 Å². The Morgan fingerprint density at radius 3 is 2.55 bits per heavy atom. The molecule has 0 spiro atoms. The monoisotopic (exact) mass is 428 g/mol. The largest absolute Gasteiger partial charge is 0.454 e. The first-order valence-electron chi connectivity index (χ1n) is 9.27. The number of sulfonamides is 1. The van der Waals surface area contributed by atoms with Crippen molar-refractivity contribution in [2.24, 2.45) is 0 Å². The van der Waals surface area contributed by atoms with E-state index in [1.807, 2.05) is 38.1 Å². The van der Waals surface area contributed by atoms with Gasteiger partial charge in [0, 0.05) is 17.1 Å². The molecule has 3 aromatic rings. The van der Waals surface area contributed by atoms with Crippen LogP contribution in [-0.4, -0.2) is 20.9 Å². The number of hydrogen-bond acceptors (Lipinski definition) is 5. The number of amides is 1. The fraction of sp³-hybridized carbons (Fsp3) is 0.190. The Hall–Kier alpha value is -2.84. The van der Waals surface area contributed by atoms with Crippen LogP contribution in [0.15, 0.2) is 58.8 Å². The predicted octanol–water partition coefficient (Wildman–Crippen LogP) is 4.88. The van der Waals surface area contributed by atoms with Crippen molar-refractivity contribution < 1.29 is 17.9 Å². The first kappa shape index (κ1) is 19.5. The molecule has 4 rings (SSSR count). The van der Waals surface area contributed by atoms with Gasteiger partial charge in [0.05, 0.1) is 11.3 Å². The molecule has 1 amide bonds. The molecule has 0 atom stereocenters. The summed E-state index contributed by atoms with van der Waals surface area (Å²) in [7, 11) is -3.73. The maximum atomic E-state index is 13.1. The Kier molecular flexibility index (Phi) is 5.06. The number of thiophene rings is 1. The molecule has 1 N–H and O–H groups in total. The van der Waals surface area contributed by atoms with Gasteiger partial charge in [-0.3, -0.25) is 9.52 Å². The van der Waals surface area contributed by atoms with Gasteiger partial charge in [0.2, 0.25) is 0 Å². The van der Waals surface area contributed by atoms with Crippen molar-refractivity contribution in [2.75, 3.05) is 16.2 Å². The van der Waals surface area contributed by atoms with Gasteiger partial charge in [0.15, 0.2) is 5.75 Å². The third-order valence-corrected chi connectivity index (χ3v) is 7.75. The lowest BCUT2D eigenvalue weighted by Gasteiger charge is -2.19. The van der Waals surface area contributed by atoms with Gasteiger partial charge < -0.3 is 9.64 Å². The molecule has 8 heteroatoms. The number of carbonyl (C=O) groups is 1. The number of para-hydroxylation sites is 2. The fourth-order valence-corrected chi connectivity index (χ4v) is 5.55. The summed E-state index contributed by atoms with van der Waals surface area (Å²) in [6.45, 7) is 4.32. The molecule has 2 aromatic carbocycles. The number of ether oxygens (including phenoxy) is 1. The van der Waals surface area contributed by atoms with Crippen LogP contribution in [0.1, 0.15) is 29.1 Å². The van der Waals surface area contributed by atoms with E-state index in [4.69, 9.17) is 4.74 Å². The van der Waals surface area contributed by atoms with Gasteiger partial charge in [-0.1, -0.05) is 19.1 Å². The molecule has 1 aromatic heterocycles. The van der Waals surface area contributed by atoms with Gasteiger partial charge in [-0.05, 0) is 55.8 Å². The molecule has 1 aliphatic heterocycles. The normalized spacial score (nSPS) is 13.3. The Morgan fingerprint density at radius 2 is 1.83 bits per heavy atom. The molecular formula is C21H20N2O4S2. The number of anilines is 2. The summed E-state index contributed by atoms with van der Waals surface area (Å²) >= 11 is 1.24. The second-order valence-electron chi connectivity index (χ2n) is 6.51. The van der Waals surface area contributed by atoms with Crippen LogP contribution in [-0.2, 0) is 16.4 Å². The van der Waals surface area contributed by atoms with E-state index >= 15 is 0 Å². The van der Waals surface area contributed by atoms with Crippen LogP contribution in [0.5, 0.6) is 11.5 Å². The Bertz CT molecular complexity index is 1180. The lowest BCUT2D eigenvalue weighted by molar-refractivity contribution is 0.0988. The van der Waals surface area contributed by atoms with E-state index < -0.39 is 10.0 Å². The molecule has 0 aliphatic carbocycles. The summed E-state index contributed by atoms with van der Waals surface area (Å²) < 4.78 is 34.2. The summed E-state index contributed by atoms with van der Waals surface area (Å²) in [5.74, 6) is 0.740. The zero-order valence-corrected chi connectivity index (χ0v) is 17.6. The number of nitrogens with zero attached hydrogens (tertiary/aromatic N) is 1. The molecule has 6 nitrogen and oxygen atoms in total. The van der Waals surface area contributed by atoms with E-state index in [1.54, 1.807) is 29.2 Å². The third kappa shape index (κ3) is 3.61. The van der Waals surface area contributed by atoms with Crippen molar-refractivity contribution in [1.29, 1.82) is 0 Å². The summed E-state index contributed by atoms with van der Waals surface area (Å²) in [6, 6.07) is 15.5. The lowest BCUT2D eigenvalue weighted by Crippen LogP contribution is -2.29. The highest BCUT2D eigenvalue weighted by Crippen LogP contribution is 2.39. The predicted molar refractivity (Wildman–Crippen MR) is 115 cm³/mol. The Balaban J connectivity index is 1.70. The van der Waals surface area contributed by atoms with E-state index in [9.17, 15) is 13.2 Å². The molecule has 0 bridgehead atoms.